The van der Waals surface area contributed by atoms with Crippen molar-refractivity contribution in [3.8, 4) is 22.9 Å². The molecule has 1 amide bonds. The van der Waals surface area contributed by atoms with E-state index in [-0.39, 0.29) is 18.5 Å². The van der Waals surface area contributed by atoms with Crippen LogP contribution >= 0.6 is 11.8 Å². The van der Waals surface area contributed by atoms with E-state index in [9.17, 15) is 4.79 Å². The SMILES string of the molecule is CCn1c(SCC(=O)NCc2ccc3c(c2)OCO3)nnc1-c1ccccc1. The lowest BCUT2D eigenvalue weighted by atomic mass is 10.2. The molecule has 0 radical (unpaired) electrons. The zero-order valence-electron chi connectivity index (χ0n) is 15.4. The van der Waals surface area contributed by atoms with Crippen LogP contribution in [0.3, 0.4) is 0 Å². The Hall–Kier alpha value is -3.00. The number of ether oxygens (including phenoxy) is 2. The molecular formula is C20H20N4O3S. The quantitative estimate of drug-likeness (QED) is 0.619. The average Bonchev–Trinajstić information content (AvgIpc) is 3.37. The second-order valence-electron chi connectivity index (χ2n) is 6.17. The molecule has 3 aromatic rings. The number of carbonyl (C=O) groups is 1. The lowest BCUT2D eigenvalue weighted by Crippen LogP contribution is -2.24. The van der Waals surface area contributed by atoms with E-state index in [1.165, 1.54) is 11.8 Å². The summed E-state index contributed by atoms with van der Waals surface area (Å²) in [5, 5.41) is 12.2. The van der Waals surface area contributed by atoms with Gasteiger partial charge in [0, 0.05) is 18.7 Å². The van der Waals surface area contributed by atoms with Crippen LogP contribution in [0.15, 0.2) is 53.7 Å². The number of carbonyl (C=O) groups excluding carboxylic acids is 1. The van der Waals surface area contributed by atoms with Crippen LogP contribution in [0.4, 0.5) is 0 Å². The normalized spacial score (nSPS) is 12.2. The molecule has 1 aliphatic rings. The van der Waals surface area contributed by atoms with E-state index in [4.69, 9.17) is 9.47 Å². The molecule has 0 spiro atoms. The van der Waals surface area contributed by atoms with E-state index >= 15 is 0 Å². The summed E-state index contributed by atoms with van der Waals surface area (Å²) in [6.45, 7) is 3.45. The molecule has 0 unspecified atom stereocenters. The zero-order valence-corrected chi connectivity index (χ0v) is 16.2. The molecule has 0 aliphatic carbocycles. The number of hydrogen-bond donors (Lipinski definition) is 1. The fourth-order valence-electron chi connectivity index (χ4n) is 2.91. The Morgan fingerprint density at radius 1 is 1.14 bits per heavy atom. The van der Waals surface area contributed by atoms with Crippen molar-refractivity contribution in [1.82, 2.24) is 20.1 Å². The number of nitrogens with one attached hydrogen (secondary N) is 1. The minimum Gasteiger partial charge on any atom is -0.454 e. The van der Waals surface area contributed by atoms with Gasteiger partial charge < -0.3 is 19.4 Å². The highest BCUT2D eigenvalue weighted by Crippen LogP contribution is 2.32. The second-order valence-corrected chi connectivity index (χ2v) is 7.11. The van der Waals surface area contributed by atoms with E-state index in [0.717, 1.165) is 34.4 Å². The van der Waals surface area contributed by atoms with Gasteiger partial charge in [-0.25, -0.2) is 0 Å². The number of nitrogens with zero attached hydrogens (tertiary/aromatic N) is 3. The van der Waals surface area contributed by atoms with Crippen LogP contribution in [-0.4, -0.2) is 33.2 Å². The number of benzene rings is 2. The molecule has 1 aromatic heterocycles. The minimum atomic E-state index is -0.0606. The van der Waals surface area contributed by atoms with E-state index in [1.54, 1.807) is 0 Å². The number of fused-ring (bicyclic) bond motifs is 1. The number of amides is 1. The maximum atomic E-state index is 12.3. The highest BCUT2D eigenvalue weighted by molar-refractivity contribution is 7.99. The van der Waals surface area contributed by atoms with Gasteiger partial charge in [0.05, 0.1) is 5.75 Å². The van der Waals surface area contributed by atoms with Crippen molar-refractivity contribution < 1.29 is 14.3 Å². The Morgan fingerprint density at radius 2 is 1.96 bits per heavy atom. The molecule has 8 heteroatoms. The van der Waals surface area contributed by atoms with Gasteiger partial charge in [0.25, 0.3) is 0 Å². The molecule has 0 fully saturated rings. The van der Waals surface area contributed by atoms with Gasteiger partial charge in [0.1, 0.15) is 0 Å². The summed E-state index contributed by atoms with van der Waals surface area (Å²) in [6.07, 6.45) is 0. The monoisotopic (exact) mass is 396 g/mol. The van der Waals surface area contributed by atoms with Crippen LogP contribution in [0.2, 0.25) is 0 Å². The average molecular weight is 396 g/mol. The Morgan fingerprint density at radius 3 is 2.79 bits per heavy atom. The molecule has 4 rings (SSSR count). The van der Waals surface area contributed by atoms with E-state index < -0.39 is 0 Å². The van der Waals surface area contributed by atoms with Crippen molar-refractivity contribution >= 4 is 17.7 Å². The standard InChI is InChI=1S/C20H20N4O3S/c1-2-24-19(15-6-4-3-5-7-15)22-23-20(24)28-12-18(25)21-11-14-8-9-16-17(10-14)27-13-26-16/h3-10H,2,11-13H2,1H3,(H,21,25). The van der Waals surface area contributed by atoms with E-state index in [0.29, 0.717) is 12.3 Å². The van der Waals surface area contributed by atoms with Crippen molar-refractivity contribution in [2.75, 3.05) is 12.5 Å². The summed E-state index contributed by atoms with van der Waals surface area (Å²) in [5.41, 5.74) is 1.97. The second kappa shape index (κ2) is 8.35. The fourth-order valence-corrected chi connectivity index (χ4v) is 3.75. The molecular weight excluding hydrogens is 376 g/mol. The molecule has 1 N–H and O–H groups in total. The molecule has 0 saturated heterocycles. The number of rotatable bonds is 7. The van der Waals surface area contributed by atoms with Crippen LogP contribution in [0.1, 0.15) is 12.5 Å². The van der Waals surface area contributed by atoms with E-state index in [1.807, 2.05) is 60.0 Å². The molecule has 2 heterocycles. The van der Waals surface area contributed by atoms with Gasteiger partial charge in [-0.1, -0.05) is 48.2 Å². The third kappa shape index (κ3) is 3.96. The molecule has 0 bridgehead atoms. The first-order valence-corrected chi connectivity index (χ1v) is 10.00. The van der Waals surface area contributed by atoms with Crippen LogP contribution in [0.5, 0.6) is 11.5 Å². The van der Waals surface area contributed by atoms with Crippen LogP contribution in [-0.2, 0) is 17.9 Å². The third-order valence-electron chi connectivity index (χ3n) is 4.32. The van der Waals surface area contributed by atoms with Crippen molar-refractivity contribution in [3.63, 3.8) is 0 Å². The van der Waals surface area contributed by atoms with Crippen molar-refractivity contribution in [1.29, 1.82) is 0 Å². The Kier molecular flexibility index (Phi) is 5.48. The largest absolute Gasteiger partial charge is 0.454 e. The molecule has 2 aromatic carbocycles. The van der Waals surface area contributed by atoms with Crippen LogP contribution in [0, 0.1) is 0 Å². The van der Waals surface area contributed by atoms with Gasteiger partial charge in [-0.3, -0.25) is 4.79 Å². The maximum absolute atomic E-state index is 12.3. The van der Waals surface area contributed by atoms with Crippen molar-refractivity contribution in [2.45, 2.75) is 25.2 Å². The van der Waals surface area contributed by atoms with Crippen molar-refractivity contribution in [3.05, 3.63) is 54.1 Å². The summed E-state index contributed by atoms with van der Waals surface area (Å²) in [5.74, 6) is 2.47. The van der Waals surface area contributed by atoms with Crippen LogP contribution < -0.4 is 14.8 Å². The third-order valence-corrected chi connectivity index (χ3v) is 5.29. The van der Waals surface area contributed by atoms with Gasteiger partial charge >= 0.3 is 0 Å². The van der Waals surface area contributed by atoms with Crippen LogP contribution in [0.25, 0.3) is 11.4 Å². The first-order chi connectivity index (χ1) is 13.7. The molecule has 1 aliphatic heterocycles. The number of aromatic nitrogens is 3. The molecule has 0 saturated carbocycles. The Bertz CT molecular complexity index is 975. The Balaban J connectivity index is 1.34. The summed E-state index contributed by atoms with van der Waals surface area (Å²) in [7, 11) is 0. The molecule has 7 nitrogen and oxygen atoms in total. The zero-order chi connectivity index (χ0) is 19.3. The van der Waals surface area contributed by atoms with Gasteiger partial charge in [-0.15, -0.1) is 10.2 Å². The minimum absolute atomic E-state index is 0.0606. The molecule has 144 valence electrons. The lowest BCUT2D eigenvalue weighted by Gasteiger charge is -2.08. The smallest absolute Gasteiger partial charge is 0.231 e. The molecule has 0 atom stereocenters. The summed E-state index contributed by atoms with van der Waals surface area (Å²) in [4.78, 5) is 12.3. The Labute approximate surface area is 167 Å². The predicted molar refractivity (Wildman–Crippen MR) is 106 cm³/mol. The van der Waals surface area contributed by atoms with Gasteiger partial charge in [-0.2, -0.15) is 0 Å². The van der Waals surface area contributed by atoms with Crippen molar-refractivity contribution in [2.24, 2.45) is 0 Å². The lowest BCUT2D eigenvalue weighted by molar-refractivity contribution is -0.118. The molecule has 28 heavy (non-hydrogen) atoms. The first-order valence-electron chi connectivity index (χ1n) is 9.01. The first kappa shape index (κ1) is 18.4. The van der Waals surface area contributed by atoms with Gasteiger partial charge in [-0.05, 0) is 24.6 Å². The number of hydrogen-bond acceptors (Lipinski definition) is 6. The summed E-state index contributed by atoms with van der Waals surface area (Å²) < 4.78 is 12.7. The van der Waals surface area contributed by atoms with Gasteiger partial charge in [0.15, 0.2) is 22.5 Å². The maximum Gasteiger partial charge on any atom is 0.231 e. The van der Waals surface area contributed by atoms with E-state index in [2.05, 4.69) is 15.5 Å². The topological polar surface area (TPSA) is 78.3 Å². The summed E-state index contributed by atoms with van der Waals surface area (Å²) in [6, 6.07) is 15.6. The predicted octanol–water partition coefficient (Wildman–Crippen LogP) is 3.10. The highest BCUT2D eigenvalue weighted by atomic mass is 32.2. The number of thioether (sulfide) groups is 1. The highest BCUT2D eigenvalue weighted by Gasteiger charge is 2.15. The van der Waals surface area contributed by atoms with Gasteiger partial charge in [0.2, 0.25) is 12.7 Å². The summed E-state index contributed by atoms with van der Waals surface area (Å²) >= 11 is 1.38. The fraction of sp³-hybridized carbons (Fsp3) is 0.250.